The van der Waals surface area contributed by atoms with Crippen LogP contribution in [-0.2, 0) is 9.59 Å². The first-order valence-corrected chi connectivity index (χ1v) is 7.12. The number of carbonyl (C=O) groups excluding carboxylic acids is 2. The van der Waals surface area contributed by atoms with Crippen LogP contribution in [0.3, 0.4) is 0 Å². The quantitative estimate of drug-likeness (QED) is 0.705. The average Bonchev–Trinajstić information content (AvgIpc) is 2.35. The van der Waals surface area contributed by atoms with Gasteiger partial charge in [0.25, 0.3) is 0 Å². The van der Waals surface area contributed by atoms with E-state index >= 15 is 0 Å². The van der Waals surface area contributed by atoms with E-state index in [4.69, 9.17) is 5.73 Å². The summed E-state index contributed by atoms with van der Waals surface area (Å²) in [4.78, 5) is 23.5. The molecule has 0 aromatic carbocycles. The highest BCUT2D eigenvalue weighted by Crippen LogP contribution is 2.23. The van der Waals surface area contributed by atoms with Crippen LogP contribution in [0.15, 0.2) is 0 Å². The van der Waals surface area contributed by atoms with E-state index in [0.717, 1.165) is 19.3 Å². The molecule has 0 aliphatic heterocycles. The molecule has 2 atom stereocenters. The fourth-order valence-corrected chi connectivity index (χ4v) is 2.36. The van der Waals surface area contributed by atoms with E-state index < -0.39 is 5.41 Å². The van der Waals surface area contributed by atoms with Gasteiger partial charge in [0.05, 0.1) is 6.54 Å². The summed E-state index contributed by atoms with van der Waals surface area (Å²) < 4.78 is 0. The topological polar surface area (TPSA) is 84.2 Å². The fourth-order valence-electron chi connectivity index (χ4n) is 2.36. The van der Waals surface area contributed by atoms with Crippen molar-refractivity contribution in [3.8, 4) is 0 Å². The van der Waals surface area contributed by atoms with Crippen LogP contribution < -0.4 is 16.4 Å². The molecule has 110 valence electrons. The molecule has 0 bridgehead atoms. The maximum Gasteiger partial charge on any atom is 0.239 e. The Bertz CT molecular complexity index is 323. The predicted molar refractivity (Wildman–Crippen MR) is 75.4 cm³/mol. The van der Waals surface area contributed by atoms with Gasteiger partial charge >= 0.3 is 0 Å². The molecule has 0 radical (unpaired) electrons. The van der Waals surface area contributed by atoms with Crippen LogP contribution in [0.4, 0.5) is 0 Å². The van der Waals surface area contributed by atoms with Crippen molar-refractivity contribution in [3.05, 3.63) is 0 Å². The summed E-state index contributed by atoms with van der Waals surface area (Å²) in [5.74, 6) is 0.139. The standard InChI is InChI=1S/C14H27N3O2/c1-14(2,3)13(19)16-9-12(18)17-11-7-5-4-6-10(11)8-15/h10-11H,4-9,15H2,1-3H3,(H,16,19)(H,17,18). The number of hydrogen-bond acceptors (Lipinski definition) is 3. The van der Waals surface area contributed by atoms with Crippen molar-refractivity contribution in [2.45, 2.75) is 52.5 Å². The van der Waals surface area contributed by atoms with Gasteiger partial charge in [0, 0.05) is 11.5 Å². The SMILES string of the molecule is CC(C)(C)C(=O)NCC(=O)NC1CCCCC1CN. The van der Waals surface area contributed by atoms with Crippen LogP contribution in [0, 0.1) is 11.3 Å². The van der Waals surface area contributed by atoms with Gasteiger partial charge in [0.15, 0.2) is 0 Å². The summed E-state index contributed by atoms with van der Waals surface area (Å²) in [5, 5.41) is 5.66. The van der Waals surface area contributed by atoms with Crippen molar-refractivity contribution >= 4 is 11.8 Å². The average molecular weight is 269 g/mol. The summed E-state index contributed by atoms with van der Waals surface area (Å²) in [6.07, 6.45) is 4.39. The second-order valence-corrected chi connectivity index (χ2v) is 6.39. The summed E-state index contributed by atoms with van der Waals surface area (Å²) in [7, 11) is 0. The predicted octanol–water partition coefficient (Wildman–Crippen LogP) is 0.782. The third-order valence-corrected chi connectivity index (χ3v) is 3.65. The van der Waals surface area contributed by atoms with Crippen molar-refractivity contribution in [1.29, 1.82) is 0 Å². The molecule has 2 unspecified atom stereocenters. The maximum atomic E-state index is 11.8. The van der Waals surface area contributed by atoms with E-state index in [1.165, 1.54) is 6.42 Å². The molecule has 0 aromatic heterocycles. The molecule has 0 heterocycles. The van der Waals surface area contributed by atoms with Gasteiger partial charge < -0.3 is 16.4 Å². The highest BCUT2D eigenvalue weighted by molar-refractivity contribution is 5.87. The monoisotopic (exact) mass is 269 g/mol. The van der Waals surface area contributed by atoms with Crippen LogP contribution in [0.2, 0.25) is 0 Å². The summed E-state index contributed by atoms with van der Waals surface area (Å²) in [6.45, 7) is 6.13. The first-order chi connectivity index (χ1) is 8.84. The molecule has 1 rings (SSSR count). The van der Waals surface area contributed by atoms with Gasteiger partial charge in [-0.2, -0.15) is 0 Å². The zero-order chi connectivity index (χ0) is 14.5. The lowest BCUT2D eigenvalue weighted by atomic mass is 9.84. The normalized spacial score (nSPS) is 23.8. The van der Waals surface area contributed by atoms with Gasteiger partial charge in [0.1, 0.15) is 0 Å². The van der Waals surface area contributed by atoms with E-state index in [2.05, 4.69) is 10.6 Å². The second-order valence-electron chi connectivity index (χ2n) is 6.39. The van der Waals surface area contributed by atoms with Gasteiger partial charge in [-0.1, -0.05) is 33.6 Å². The Morgan fingerprint density at radius 3 is 2.42 bits per heavy atom. The van der Waals surface area contributed by atoms with Crippen LogP contribution in [-0.4, -0.2) is 30.9 Å². The Balaban J connectivity index is 2.36. The number of nitrogens with one attached hydrogen (secondary N) is 2. The number of rotatable bonds is 4. The molecule has 5 nitrogen and oxygen atoms in total. The fraction of sp³-hybridized carbons (Fsp3) is 0.857. The minimum atomic E-state index is -0.467. The maximum absolute atomic E-state index is 11.8. The molecule has 0 spiro atoms. The lowest BCUT2D eigenvalue weighted by Gasteiger charge is -2.31. The van der Waals surface area contributed by atoms with Gasteiger partial charge in [-0.15, -0.1) is 0 Å². The number of nitrogens with two attached hydrogens (primary N) is 1. The molecular weight excluding hydrogens is 242 g/mol. The summed E-state index contributed by atoms with van der Waals surface area (Å²) >= 11 is 0. The van der Waals surface area contributed by atoms with Crippen LogP contribution in [0.5, 0.6) is 0 Å². The largest absolute Gasteiger partial charge is 0.352 e. The van der Waals surface area contributed by atoms with Gasteiger partial charge in [-0.25, -0.2) is 0 Å². The van der Waals surface area contributed by atoms with Crippen molar-refractivity contribution in [2.24, 2.45) is 17.1 Å². The smallest absolute Gasteiger partial charge is 0.239 e. The molecule has 1 fully saturated rings. The minimum absolute atomic E-state index is 0.0455. The zero-order valence-corrected chi connectivity index (χ0v) is 12.3. The highest BCUT2D eigenvalue weighted by atomic mass is 16.2. The van der Waals surface area contributed by atoms with Crippen LogP contribution >= 0.6 is 0 Å². The second kappa shape index (κ2) is 6.89. The third-order valence-electron chi connectivity index (χ3n) is 3.65. The Morgan fingerprint density at radius 2 is 1.84 bits per heavy atom. The third kappa shape index (κ3) is 5.19. The van der Waals surface area contributed by atoms with Crippen LogP contribution in [0.1, 0.15) is 46.5 Å². The van der Waals surface area contributed by atoms with E-state index in [9.17, 15) is 9.59 Å². The summed E-state index contributed by atoms with van der Waals surface area (Å²) in [5.41, 5.74) is 5.26. The van der Waals surface area contributed by atoms with Gasteiger partial charge in [0.2, 0.25) is 11.8 Å². The zero-order valence-electron chi connectivity index (χ0n) is 12.3. The number of hydrogen-bond donors (Lipinski definition) is 3. The van der Waals surface area contributed by atoms with E-state index in [-0.39, 0.29) is 24.4 Å². The van der Waals surface area contributed by atoms with Crippen molar-refractivity contribution < 1.29 is 9.59 Å². The Labute approximate surface area is 115 Å². The van der Waals surface area contributed by atoms with E-state index in [0.29, 0.717) is 12.5 Å². The summed E-state index contributed by atoms with van der Waals surface area (Å²) in [6, 6.07) is 0.165. The molecule has 19 heavy (non-hydrogen) atoms. The Hall–Kier alpha value is -1.10. The lowest BCUT2D eigenvalue weighted by molar-refractivity contribution is -0.131. The number of amides is 2. The van der Waals surface area contributed by atoms with Crippen molar-refractivity contribution in [1.82, 2.24) is 10.6 Å². The molecule has 4 N–H and O–H groups in total. The first-order valence-electron chi connectivity index (χ1n) is 7.12. The van der Waals surface area contributed by atoms with E-state index in [1.54, 1.807) is 0 Å². The molecule has 5 heteroatoms. The molecule has 1 aliphatic carbocycles. The molecule has 2 amide bonds. The molecule has 0 saturated heterocycles. The Morgan fingerprint density at radius 1 is 1.21 bits per heavy atom. The molecule has 1 aliphatic rings. The Kier molecular flexibility index (Phi) is 5.79. The minimum Gasteiger partial charge on any atom is -0.352 e. The highest BCUT2D eigenvalue weighted by Gasteiger charge is 2.26. The van der Waals surface area contributed by atoms with Crippen molar-refractivity contribution in [3.63, 3.8) is 0 Å². The van der Waals surface area contributed by atoms with Crippen LogP contribution in [0.25, 0.3) is 0 Å². The van der Waals surface area contributed by atoms with Crippen molar-refractivity contribution in [2.75, 3.05) is 13.1 Å². The first kappa shape index (κ1) is 16.0. The molecule has 1 saturated carbocycles. The lowest BCUT2D eigenvalue weighted by Crippen LogP contribution is -2.49. The molecule has 0 aromatic rings. The van der Waals surface area contributed by atoms with Gasteiger partial charge in [-0.05, 0) is 25.3 Å². The van der Waals surface area contributed by atoms with E-state index in [1.807, 2.05) is 20.8 Å². The van der Waals surface area contributed by atoms with Gasteiger partial charge in [-0.3, -0.25) is 9.59 Å². The molecular formula is C14H27N3O2. The number of carbonyl (C=O) groups is 2.